The van der Waals surface area contributed by atoms with Gasteiger partial charge in [0.25, 0.3) is 0 Å². The van der Waals surface area contributed by atoms with Crippen LogP contribution in [-0.2, 0) is 28.5 Å². The van der Waals surface area contributed by atoms with Gasteiger partial charge in [0, 0.05) is 46.4 Å². The Labute approximate surface area is 200 Å². The molecule has 0 saturated carbocycles. The average Bonchev–Trinajstić information content (AvgIpc) is 2.82. The number of nitrogens with zero attached hydrogens (tertiary/aromatic N) is 1. The first-order valence-corrected chi connectivity index (χ1v) is 11.9. The van der Waals surface area contributed by atoms with Crippen LogP contribution in [0.1, 0.15) is 60.3 Å². The van der Waals surface area contributed by atoms with Crippen LogP contribution in [0.5, 0.6) is 0 Å². The summed E-state index contributed by atoms with van der Waals surface area (Å²) in [7, 11) is 6.45. The molecule has 0 bridgehead atoms. The van der Waals surface area contributed by atoms with Gasteiger partial charge in [0.2, 0.25) is 6.41 Å². The van der Waals surface area contributed by atoms with Crippen molar-refractivity contribution in [3.63, 3.8) is 0 Å². The van der Waals surface area contributed by atoms with E-state index in [2.05, 4.69) is 6.92 Å². The van der Waals surface area contributed by atoms with E-state index >= 15 is 0 Å². The van der Waals surface area contributed by atoms with Crippen molar-refractivity contribution in [3.05, 3.63) is 12.3 Å². The lowest BCUT2D eigenvalue weighted by molar-refractivity contribution is -0.166. The molecule has 8 unspecified atom stereocenters. The Balaban J connectivity index is 5.50. The van der Waals surface area contributed by atoms with Gasteiger partial charge in [-0.2, -0.15) is 0 Å². The van der Waals surface area contributed by atoms with Crippen molar-refractivity contribution in [2.24, 2.45) is 17.8 Å². The Morgan fingerprint density at radius 1 is 1.00 bits per heavy atom. The maximum Gasteiger partial charge on any atom is 0.335 e. The minimum Gasteiger partial charge on any atom is -0.460 e. The quantitative estimate of drug-likeness (QED) is 0.241. The zero-order valence-electron chi connectivity index (χ0n) is 22.0. The predicted octanol–water partition coefficient (Wildman–Crippen LogP) is 3.41. The number of carbonyl (C=O) groups excluding carboxylic acids is 2. The lowest BCUT2D eigenvalue weighted by atomic mass is 9.84. The minimum atomic E-state index is -0.664. The third kappa shape index (κ3) is 11.5. The molecular formula is C25H47NO7. The molecule has 8 nitrogen and oxygen atoms in total. The Hall–Kier alpha value is -1.48. The summed E-state index contributed by atoms with van der Waals surface area (Å²) in [5, 5.41) is 10.0. The molecule has 0 saturated heterocycles. The van der Waals surface area contributed by atoms with E-state index in [9.17, 15) is 14.7 Å². The van der Waals surface area contributed by atoms with Crippen molar-refractivity contribution in [3.8, 4) is 0 Å². The zero-order chi connectivity index (χ0) is 25.6. The third-order valence-corrected chi connectivity index (χ3v) is 6.46. The summed E-state index contributed by atoms with van der Waals surface area (Å²) in [6.07, 6.45) is 5.21. The fourth-order valence-electron chi connectivity index (χ4n) is 3.91. The van der Waals surface area contributed by atoms with Gasteiger partial charge < -0.3 is 29.0 Å². The molecule has 0 aliphatic rings. The molecular weight excluding hydrogens is 426 g/mol. The van der Waals surface area contributed by atoms with Gasteiger partial charge in [-0.05, 0) is 38.5 Å². The highest BCUT2D eigenvalue weighted by molar-refractivity contribution is 5.74. The number of hydrogen-bond donors (Lipinski definition) is 1. The molecule has 8 heteroatoms. The second kappa shape index (κ2) is 17.0. The summed E-state index contributed by atoms with van der Waals surface area (Å²) >= 11 is 0. The van der Waals surface area contributed by atoms with Crippen LogP contribution in [0.15, 0.2) is 12.3 Å². The highest BCUT2D eigenvalue weighted by Gasteiger charge is 2.33. The fraction of sp³-hybridized carbons (Fsp3) is 0.840. The van der Waals surface area contributed by atoms with Gasteiger partial charge in [-0.3, -0.25) is 4.79 Å². The molecule has 0 aromatic rings. The topological polar surface area (TPSA) is 94.5 Å². The number of ether oxygens (including phenoxy) is 4. The van der Waals surface area contributed by atoms with Crippen molar-refractivity contribution in [2.75, 3.05) is 28.4 Å². The first-order chi connectivity index (χ1) is 15.6. The molecule has 0 aliphatic heterocycles. The monoisotopic (exact) mass is 473 g/mol. The molecule has 0 fully saturated rings. The van der Waals surface area contributed by atoms with E-state index in [4.69, 9.17) is 18.9 Å². The predicted molar refractivity (Wildman–Crippen MR) is 129 cm³/mol. The van der Waals surface area contributed by atoms with E-state index in [0.717, 1.165) is 12.8 Å². The molecule has 1 amide bonds. The molecule has 0 radical (unpaired) electrons. The molecule has 0 rings (SSSR count). The van der Waals surface area contributed by atoms with Gasteiger partial charge >= 0.3 is 5.97 Å². The smallest absolute Gasteiger partial charge is 0.335 e. The lowest BCUT2D eigenvalue weighted by Crippen LogP contribution is -2.40. The van der Waals surface area contributed by atoms with Crippen molar-refractivity contribution < 1.29 is 33.6 Å². The average molecular weight is 474 g/mol. The molecule has 0 aliphatic carbocycles. The number of aliphatic hydroxyl groups is 1. The number of aliphatic hydroxyl groups excluding tert-OH is 1. The maximum atomic E-state index is 12.5. The van der Waals surface area contributed by atoms with E-state index in [1.807, 2.05) is 26.8 Å². The largest absolute Gasteiger partial charge is 0.460 e. The van der Waals surface area contributed by atoms with Crippen LogP contribution in [0.2, 0.25) is 0 Å². The van der Waals surface area contributed by atoms with E-state index in [1.54, 1.807) is 34.4 Å². The SMILES string of the molecule is CCC(O)CC(OC)C(C)CCC(OC(=O)C(C)OC)C(C)C(OC)C(C)/C=C/N(C)C=O. The van der Waals surface area contributed by atoms with Gasteiger partial charge in [-0.25, -0.2) is 4.79 Å². The first-order valence-electron chi connectivity index (χ1n) is 11.9. The van der Waals surface area contributed by atoms with Crippen LogP contribution in [0.3, 0.4) is 0 Å². The summed E-state index contributed by atoms with van der Waals surface area (Å²) in [5.74, 6) is -0.370. The highest BCUT2D eigenvalue weighted by atomic mass is 16.6. The summed E-state index contributed by atoms with van der Waals surface area (Å²) in [4.78, 5) is 24.8. The molecule has 0 aromatic carbocycles. The van der Waals surface area contributed by atoms with Crippen molar-refractivity contribution in [1.29, 1.82) is 0 Å². The van der Waals surface area contributed by atoms with E-state index in [1.165, 1.54) is 12.0 Å². The van der Waals surface area contributed by atoms with E-state index < -0.39 is 24.3 Å². The fourth-order valence-corrected chi connectivity index (χ4v) is 3.91. The Bertz CT molecular complexity index is 571. The summed E-state index contributed by atoms with van der Waals surface area (Å²) < 4.78 is 22.4. The maximum absolute atomic E-state index is 12.5. The lowest BCUT2D eigenvalue weighted by Gasteiger charge is -2.34. The van der Waals surface area contributed by atoms with Gasteiger partial charge in [-0.15, -0.1) is 0 Å². The Kier molecular flexibility index (Phi) is 16.3. The third-order valence-electron chi connectivity index (χ3n) is 6.46. The number of esters is 1. The van der Waals surface area contributed by atoms with Crippen LogP contribution >= 0.6 is 0 Å². The number of carbonyl (C=O) groups is 2. The minimum absolute atomic E-state index is 0.0164. The molecule has 0 heterocycles. The van der Waals surface area contributed by atoms with Crippen molar-refractivity contribution >= 4 is 12.4 Å². The number of amides is 1. The van der Waals surface area contributed by atoms with Crippen LogP contribution in [0, 0.1) is 17.8 Å². The molecule has 8 atom stereocenters. The molecule has 0 spiro atoms. The Morgan fingerprint density at radius 2 is 1.64 bits per heavy atom. The van der Waals surface area contributed by atoms with Crippen LogP contribution < -0.4 is 0 Å². The second-order valence-corrected chi connectivity index (χ2v) is 9.01. The normalized spacial score (nSPS) is 19.2. The standard InChI is InChI=1S/C25H47NO7/c1-10-21(28)15-23(31-8)17(2)11-12-22(33-25(29)20(5)30-7)19(4)24(32-9)18(3)13-14-26(6)16-27/h13-14,16-24,28H,10-12,15H2,1-9H3/b14-13+. The highest BCUT2D eigenvalue weighted by Crippen LogP contribution is 2.28. The van der Waals surface area contributed by atoms with Gasteiger partial charge in [0.15, 0.2) is 6.10 Å². The van der Waals surface area contributed by atoms with Crippen molar-refractivity contribution in [1.82, 2.24) is 4.90 Å². The van der Waals surface area contributed by atoms with Crippen molar-refractivity contribution in [2.45, 2.75) is 90.8 Å². The molecule has 1 N–H and O–H groups in total. The number of rotatable bonds is 18. The number of hydrogen-bond acceptors (Lipinski definition) is 7. The first kappa shape index (κ1) is 31.5. The molecule has 33 heavy (non-hydrogen) atoms. The van der Waals surface area contributed by atoms with Gasteiger partial charge in [0.1, 0.15) is 6.10 Å². The number of methoxy groups -OCH3 is 3. The molecule has 194 valence electrons. The van der Waals surface area contributed by atoms with Gasteiger partial charge in [0.05, 0.1) is 18.3 Å². The van der Waals surface area contributed by atoms with Gasteiger partial charge in [-0.1, -0.05) is 33.8 Å². The Morgan fingerprint density at radius 3 is 2.12 bits per heavy atom. The van der Waals surface area contributed by atoms with Crippen LogP contribution in [-0.4, -0.2) is 81.3 Å². The van der Waals surface area contributed by atoms with E-state index in [-0.39, 0.29) is 30.0 Å². The van der Waals surface area contributed by atoms with Crippen LogP contribution in [0.4, 0.5) is 0 Å². The summed E-state index contributed by atoms with van der Waals surface area (Å²) in [6, 6.07) is 0. The second-order valence-electron chi connectivity index (χ2n) is 9.01. The summed E-state index contributed by atoms with van der Waals surface area (Å²) in [6.45, 7) is 9.72. The zero-order valence-corrected chi connectivity index (χ0v) is 22.0. The summed E-state index contributed by atoms with van der Waals surface area (Å²) in [5.41, 5.74) is 0. The molecule has 0 aromatic heterocycles. The van der Waals surface area contributed by atoms with Crippen LogP contribution in [0.25, 0.3) is 0 Å². The van der Waals surface area contributed by atoms with E-state index in [0.29, 0.717) is 19.3 Å².